The lowest BCUT2D eigenvalue weighted by atomic mass is 9.46. The Balaban J connectivity index is 1.77. The van der Waals surface area contributed by atoms with Crippen molar-refractivity contribution in [3.63, 3.8) is 0 Å². The Hall–Kier alpha value is -1.14. The summed E-state index contributed by atoms with van der Waals surface area (Å²) < 4.78 is 0. The molecule has 0 bridgehead atoms. The number of rotatable bonds is 1. The molecule has 6 unspecified atom stereocenters. The number of nitrogens with zero attached hydrogens (tertiary/aromatic N) is 1. The Bertz CT molecular complexity index is 603. The number of hydrogen-bond donors (Lipinski definition) is 1. The molecule has 0 radical (unpaired) electrons. The highest BCUT2D eigenvalue weighted by molar-refractivity contribution is 5.91. The van der Waals surface area contributed by atoms with E-state index in [0.29, 0.717) is 30.1 Å². The molecule has 0 heterocycles. The van der Waals surface area contributed by atoms with Gasteiger partial charge in [-0.25, -0.2) is 0 Å². The van der Waals surface area contributed by atoms with Crippen molar-refractivity contribution in [1.29, 1.82) is 5.26 Å². The van der Waals surface area contributed by atoms with Gasteiger partial charge in [0.15, 0.2) is 5.78 Å². The summed E-state index contributed by atoms with van der Waals surface area (Å²) in [7, 11) is 0. The van der Waals surface area contributed by atoms with Crippen molar-refractivity contribution in [1.82, 2.24) is 0 Å². The van der Waals surface area contributed by atoms with Crippen LogP contribution in [-0.4, -0.2) is 17.0 Å². The minimum Gasteiger partial charge on any atom is -0.377 e. The molecule has 3 nitrogen and oxygen atoms in total. The largest absolute Gasteiger partial charge is 0.377 e. The molecule has 6 atom stereocenters. The molecule has 4 rings (SSSR count). The van der Waals surface area contributed by atoms with Crippen LogP contribution in [0.3, 0.4) is 0 Å². The van der Waals surface area contributed by atoms with Gasteiger partial charge in [-0.05, 0) is 74.2 Å². The maximum Gasteiger partial charge on any atom is 0.155 e. The fourth-order valence-electron chi connectivity index (χ4n) is 6.89. The summed E-state index contributed by atoms with van der Waals surface area (Å²) in [4.78, 5) is 11.9. The van der Waals surface area contributed by atoms with E-state index in [4.69, 9.17) is 0 Å². The lowest BCUT2D eigenvalue weighted by molar-refractivity contribution is -0.120. The number of nitriles is 1. The highest BCUT2D eigenvalue weighted by Crippen LogP contribution is 2.66. The molecule has 23 heavy (non-hydrogen) atoms. The van der Waals surface area contributed by atoms with Gasteiger partial charge in [0, 0.05) is 11.8 Å². The zero-order valence-electron chi connectivity index (χ0n) is 14.1. The standard InChI is InChI=1S/C20H27NO2/c1-19-8-2-3-16(19)15-5-4-13-11-14(22)6-10-20(13,18(23)12-21)17(15)7-9-19/h11,15-18,23H,2-10H2,1H3. The molecule has 1 N–H and O–H groups in total. The molecule has 4 aliphatic rings. The first-order valence-electron chi connectivity index (χ1n) is 9.33. The summed E-state index contributed by atoms with van der Waals surface area (Å²) in [6, 6.07) is 2.15. The lowest BCUT2D eigenvalue weighted by Crippen LogP contribution is -2.55. The van der Waals surface area contributed by atoms with Crippen molar-refractivity contribution in [2.24, 2.45) is 28.6 Å². The Morgan fingerprint density at radius 2 is 2.04 bits per heavy atom. The second-order valence-electron chi connectivity index (χ2n) is 8.71. The van der Waals surface area contributed by atoms with Crippen LogP contribution < -0.4 is 0 Å². The van der Waals surface area contributed by atoms with Gasteiger partial charge in [0.2, 0.25) is 0 Å². The van der Waals surface area contributed by atoms with E-state index in [1.165, 1.54) is 25.7 Å². The van der Waals surface area contributed by atoms with E-state index in [-0.39, 0.29) is 5.78 Å². The van der Waals surface area contributed by atoms with Crippen LogP contribution in [0.1, 0.15) is 64.7 Å². The third-order valence-corrected chi connectivity index (χ3v) is 7.96. The molecule has 0 saturated heterocycles. The van der Waals surface area contributed by atoms with Crippen molar-refractivity contribution in [3.8, 4) is 6.07 Å². The van der Waals surface area contributed by atoms with Crippen LogP contribution in [0.4, 0.5) is 0 Å². The lowest BCUT2D eigenvalue weighted by Gasteiger charge is -2.58. The van der Waals surface area contributed by atoms with Crippen LogP contribution >= 0.6 is 0 Å². The molecule has 0 spiro atoms. The van der Waals surface area contributed by atoms with Crippen LogP contribution in [0.2, 0.25) is 0 Å². The van der Waals surface area contributed by atoms with E-state index >= 15 is 0 Å². The highest BCUT2D eigenvalue weighted by atomic mass is 16.3. The second-order valence-corrected chi connectivity index (χ2v) is 8.71. The van der Waals surface area contributed by atoms with E-state index in [1.54, 1.807) is 6.08 Å². The first-order valence-corrected chi connectivity index (χ1v) is 9.33. The summed E-state index contributed by atoms with van der Waals surface area (Å²) in [5.41, 5.74) is 1.13. The highest BCUT2D eigenvalue weighted by Gasteiger charge is 2.60. The number of fused-ring (bicyclic) bond motifs is 5. The molecule has 3 fully saturated rings. The van der Waals surface area contributed by atoms with Crippen LogP contribution in [-0.2, 0) is 4.79 Å². The second kappa shape index (κ2) is 5.18. The maximum absolute atomic E-state index is 11.9. The molecular weight excluding hydrogens is 286 g/mol. The van der Waals surface area contributed by atoms with Crippen LogP contribution in [0.5, 0.6) is 0 Å². The number of carbonyl (C=O) groups is 1. The minimum atomic E-state index is -0.958. The Kier molecular flexibility index (Phi) is 3.47. The molecular formula is C20H27NO2. The number of aliphatic hydroxyl groups excluding tert-OH is 1. The smallest absolute Gasteiger partial charge is 0.155 e. The fraction of sp³-hybridized carbons (Fsp3) is 0.800. The third kappa shape index (κ3) is 2.00. The first kappa shape index (κ1) is 15.4. The van der Waals surface area contributed by atoms with Gasteiger partial charge in [-0.2, -0.15) is 5.26 Å². The summed E-state index contributed by atoms with van der Waals surface area (Å²) in [5.74, 6) is 1.95. The SMILES string of the molecule is CC12CCCC1C1CCC3=CC(=O)CCC3(C(O)C#N)C1CC2. The van der Waals surface area contributed by atoms with E-state index < -0.39 is 11.5 Å². The predicted octanol–water partition coefficient (Wildman–Crippen LogP) is 3.77. The summed E-state index contributed by atoms with van der Waals surface area (Å²) in [6.07, 6.45) is 10.4. The molecule has 0 aromatic rings. The van der Waals surface area contributed by atoms with E-state index in [9.17, 15) is 15.2 Å². The number of aliphatic hydroxyl groups is 1. The van der Waals surface area contributed by atoms with Crippen LogP contribution in [0, 0.1) is 39.9 Å². The van der Waals surface area contributed by atoms with Gasteiger partial charge in [0.1, 0.15) is 6.10 Å². The van der Waals surface area contributed by atoms with Crippen molar-refractivity contribution in [3.05, 3.63) is 11.6 Å². The average molecular weight is 313 g/mol. The molecule has 0 aliphatic heterocycles. The number of hydrogen-bond acceptors (Lipinski definition) is 3. The van der Waals surface area contributed by atoms with Crippen molar-refractivity contribution >= 4 is 5.78 Å². The monoisotopic (exact) mass is 313 g/mol. The summed E-state index contributed by atoms with van der Waals surface area (Å²) in [5, 5.41) is 20.2. The topological polar surface area (TPSA) is 61.1 Å². The van der Waals surface area contributed by atoms with Gasteiger partial charge >= 0.3 is 0 Å². The quantitative estimate of drug-likeness (QED) is 0.750. The predicted molar refractivity (Wildman–Crippen MR) is 87.3 cm³/mol. The van der Waals surface area contributed by atoms with E-state index in [1.807, 2.05) is 0 Å². The molecule has 3 saturated carbocycles. The van der Waals surface area contributed by atoms with Crippen molar-refractivity contribution in [2.75, 3.05) is 0 Å². The van der Waals surface area contributed by atoms with Gasteiger partial charge in [-0.1, -0.05) is 18.9 Å². The fourth-order valence-corrected chi connectivity index (χ4v) is 6.89. The van der Waals surface area contributed by atoms with Crippen molar-refractivity contribution < 1.29 is 9.90 Å². The normalized spacial score (nSPS) is 46.9. The van der Waals surface area contributed by atoms with Gasteiger partial charge in [-0.15, -0.1) is 0 Å². The van der Waals surface area contributed by atoms with Gasteiger partial charge in [-0.3, -0.25) is 4.79 Å². The molecule has 4 aliphatic carbocycles. The Morgan fingerprint density at radius 1 is 1.22 bits per heavy atom. The number of carbonyl (C=O) groups excluding carboxylic acids is 1. The molecule has 124 valence electrons. The Labute approximate surface area is 138 Å². The molecule has 0 aromatic heterocycles. The first-order chi connectivity index (χ1) is 11.0. The van der Waals surface area contributed by atoms with E-state index in [0.717, 1.165) is 30.8 Å². The zero-order valence-corrected chi connectivity index (χ0v) is 14.1. The average Bonchev–Trinajstić information content (AvgIpc) is 2.95. The Morgan fingerprint density at radius 3 is 2.83 bits per heavy atom. The minimum absolute atomic E-state index is 0.181. The van der Waals surface area contributed by atoms with E-state index in [2.05, 4.69) is 13.0 Å². The molecule has 0 aromatic carbocycles. The van der Waals surface area contributed by atoms with Crippen molar-refractivity contribution in [2.45, 2.75) is 70.8 Å². The van der Waals surface area contributed by atoms with Crippen LogP contribution in [0.15, 0.2) is 11.6 Å². The molecule has 3 heteroatoms. The summed E-state index contributed by atoms with van der Waals surface area (Å²) >= 11 is 0. The zero-order chi connectivity index (χ0) is 16.2. The summed E-state index contributed by atoms with van der Waals surface area (Å²) in [6.45, 7) is 2.46. The third-order valence-electron chi connectivity index (χ3n) is 7.96. The van der Waals surface area contributed by atoms with Gasteiger partial charge in [0.25, 0.3) is 0 Å². The number of ketones is 1. The van der Waals surface area contributed by atoms with Gasteiger partial charge < -0.3 is 5.11 Å². The molecule has 0 amide bonds. The van der Waals surface area contributed by atoms with Crippen LogP contribution in [0.25, 0.3) is 0 Å². The maximum atomic E-state index is 11.9. The van der Waals surface area contributed by atoms with Gasteiger partial charge in [0.05, 0.1) is 6.07 Å².